The van der Waals surface area contributed by atoms with Crippen molar-refractivity contribution in [2.75, 3.05) is 0 Å². The van der Waals surface area contributed by atoms with Crippen molar-refractivity contribution in [3.8, 4) is 23.0 Å². The number of allylic oxidation sites excluding steroid dienone is 4. The first kappa shape index (κ1) is 58.5. The Hall–Kier alpha value is -3.54. The zero-order valence-electron chi connectivity index (χ0n) is 44.0. The third kappa shape index (κ3) is 20.7. The van der Waals surface area contributed by atoms with Gasteiger partial charge in [0.1, 0.15) is 23.0 Å². The Bertz CT molecular complexity index is 1620. The van der Waals surface area contributed by atoms with Crippen LogP contribution in [0, 0.1) is 77.0 Å². The first-order chi connectivity index (χ1) is 29.9. The van der Waals surface area contributed by atoms with E-state index in [0.29, 0.717) is 45.2 Å². The molecule has 64 heavy (non-hydrogen) atoms. The number of carbonyl (C=O) groups is 2. The van der Waals surface area contributed by atoms with Crippen molar-refractivity contribution in [2.45, 2.75) is 226 Å². The Morgan fingerprint density at radius 1 is 0.375 bits per heavy atom. The summed E-state index contributed by atoms with van der Waals surface area (Å²) in [7, 11) is 0. The Labute approximate surface area is 392 Å². The smallest absolute Gasteiger partial charge is 0.189 e. The van der Waals surface area contributed by atoms with Gasteiger partial charge in [0.2, 0.25) is 0 Å². The van der Waals surface area contributed by atoms with Gasteiger partial charge < -0.3 is 20.4 Å². The summed E-state index contributed by atoms with van der Waals surface area (Å²) in [6.45, 7) is 33.0. The molecule has 4 N–H and O–H groups in total. The molecule has 4 atom stereocenters. The fourth-order valence-corrected chi connectivity index (χ4v) is 8.99. The molecule has 2 aromatic carbocycles. The van der Waals surface area contributed by atoms with Gasteiger partial charge >= 0.3 is 0 Å². The van der Waals surface area contributed by atoms with E-state index in [1.54, 1.807) is 53.7 Å². The highest BCUT2D eigenvalue weighted by Gasteiger charge is 2.22. The molecule has 0 bridgehead atoms. The number of rotatable bonds is 28. The predicted molar refractivity (Wildman–Crippen MR) is 274 cm³/mol. The molecule has 2 rings (SSSR count). The van der Waals surface area contributed by atoms with Crippen LogP contribution in [0.1, 0.15) is 239 Å². The van der Waals surface area contributed by atoms with E-state index in [9.17, 15) is 30.0 Å². The van der Waals surface area contributed by atoms with Crippen LogP contribution in [-0.4, -0.2) is 32.0 Å². The summed E-state index contributed by atoms with van der Waals surface area (Å²) < 4.78 is 0. The highest BCUT2D eigenvalue weighted by molar-refractivity contribution is 6.09. The Morgan fingerprint density at radius 3 is 0.875 bits per heavy atom. The van der Waals surface area contributed by atoms with Crippen molar-refractivity contribution >= 4 is 11.6 Å². The van der Waals surface area contributed by atoms with Crippen molar-refractivity contribution in [2.24, 2.45) is 35.5 Å². The normalized spacial score (nSPS) is 14.1. The topological polar surface area (TPSA) is 115 Å². The van der Waals surface area contributed by atoms with E-state index < -0.39 is 0 Å². The third-order valence-corrected chi connectivity index (χ3v) is 14.0. The van der Waals surface area contributed by atoms with E-state index in [2.05, 4.69) is 55.4 Å². The largest absolute Gasteiger partial charge is 0.507 e. The monoisotopic (exact) mass is 889 g/mol. The van der Waals surface area contributed by atoms with Crippen molar-refractivity contribution in [1.82, 2.24) is 0 Å². The van der Waals surface area contributed by atoms with Gasteiger partial charge in [-0.15, -0.1) is 0 Å². The average molecular weight is 889 g/mol. The zero-order valence-corrected chi connectivity index (χ0v) is 44.0. The Balaban J connectivity index is 0.000000640. The third-order valence-electron chi connectivity index (χ3n) is 14.0. The molecule has 0 saturated carbocycles. The minimum Gasteiger partial charge on any atom is -0.507 e. The first-order valence-electron chi connectivity index (χ1n) is 25.4. The number of aromatic hydroxyl groups is 4. The fraction of sp³-hybridized carbons (Fsp3) is 0.690. The summed E-state index contributed by atoms with van der Waals surface area (Å²) in [5, 5.41) is 41.4. The van der Waals surface area contributed by atoms with Crippen LogP contribution in [-0.2, 0) is 0 Å². The summed E-state index contributed by atoms with van der Waals surface area (Å²) in [5.74, 6) is 4.44. The van der Waals surface area contributed by atoms with E-state index in [1.807, 2.05) is 13.8 Å². The van der Waals surface area contributed by atoms with Gasteiger partial charge in [-0.1, -0.05) is 156 Å². The van der Waals surface area contributed by atoms with Crippen LogP contribution >= 0.6 is 0 Å². The molecule has 364 valence electrons. The SMILES string of the molecule is C/C(=C\C(=O)c1c(C)c(O)c(C)c(C)c1O)CCCC(C)CCCC(C)CCCC(C)C.CC(=CC(=O)c1c(C)c(O)c(C)c(C)c1O)CCCC(C)CCCC(C)CCCC(C)C. The second-order valence-corrected chi connectivity index (χ2v) is 21.3. The maximum absolute atomic E-state index is 12.8. The second-order valence-electron chi connectivity index (χ2n) is 21.3. The zero-order chi connectivity index (χ0) is 48.8. The number of phenols is 4. The van der Waals surface area contributed by atoms with Crippen molar-refractivity contribution in [1.29, 1.82) is 0 Å². The molecule has 0 amide bonds. The van der Waals surface area contributed by atoms with Gasteiger partial charge in [-0.2, -0.15) is 0 Å². The van der Waals surface area contributed by atoms with Crippen LogP contribution in [0.25, 0.3) is 0 Å². The molecule has 0 heterocycles. The summed E-state index contributed by atoms with van der Waals surface area (Å²) >= 11 is 0. The van der Waals surface area contributed by atoms with Crippen LogP contribution in [0.2, 0.25) is 0 Å². The number of hydrogen-bond acceptors (Lipinski definition) is 6. The maximum Gasteiger partial charge on any atom is 0.189 e. The lowest BCUT2D eigenvalue weighted by Gasteiger charge is -2.15. The van der Waals surface area contributed by atoms with Crippen molar-refractivity contribution in [3.05, 3.63) is 67.8 Å². The minimum atomic E-state index is -0.226. The van der Waals surface area contributed by atoms with Gasteiger partial charge in [0.15, 0.2) is 11.6 Å². The van der Waals surface area contributed by atoms with Crippen LogP contribution in [0.5, 0.6) is 23.0 Å². The second kappa shape index (κ2) is 29.9. The Kier molecular flexibility index (Phi) is 27.3. The number of carbonyl (C=O) groups excluding carboxylic acids is 2. The van der Waals surface area contributed by atoms with Crippen LogP contribution in [0.15, 0.2) is 23.3 Å². The number of ketones is 2. The number of hydrogen-bond donors (Lipinski definition) is 4. The van der Waals surface area contributed by atoms with E-state index in [1.165, 1.54) is 89.9 Å². The number of benzene rings is 2. The van der Waals surface area contributed by atoms with Crippen LogP contribution in [0.3, 0.4) is 0 Å². The minimum absolute atomic E-state index is 0.0149. The molecular weight excluding hydrogens is 793 g/mol. The highest BCUT2D eigenvalue weighted by Crippen LogP contribution is 2.38. The first-order valence-corrected chi connectivity index (χ1v) is 25.4. The summed E-state index contributed by atoms with van der Waals surface area (Å²) in [6, 6.07) is 0. The summed E-state index contributed by atoms with van der Waals surface area (Å²) in [6.07, 6.45) is 25.5. The average Bonchev–Trinajstić information content (AvgIpc) is 3.20. The van der Waals surface area contributed by atoms with Gasteiger partial charge in [-0.05, 0) is 151 Å². The van der Waals surface area contributed by atoms with E-state index in [0.717, 1.165) is 60.5 Å². The van der Waals surface area contributed by atoms with Gasteiger partial charge in [0, 0.05) is 11.1 Å². The fourth-order valence-electron chi connectivity index (χ4n) is 8.99. The van der Waals surface area contributed by atoms with E-state index in [-0.39, 0.29) is 45.7 Å². The van der Waals surface area contributed by atoms with E-state index in [4.69, 9.17) is 0 Å². The lowest BCUT2D eigenvalue weighted by molar-refractivity contribution is 0.103. The van der Waals surface area contributed by atoms with E-state index >= 15 is 0 Å². The summed E-state index contributed by atoms with van der Waals surface area (Å²) in [5.41, 5.74) is 5.76. The van der Waals surface area contributed by atoms with Crippen molar-refractivity contribution in [3.63, 3.8) is 0 Å². The molecule has 4 unspecified atom stereocenters. The summed E-state index contributed by atoms with van der Waals surface area (Å²) in [4.78, 5) is 25.6. The van der Waals surface area contributed by atoms with Gasteiger partial charge in [0.25, 0.3) is 0 Å². The molecule has 0 spiro atoms. The van der Waals surface area contributed by atoms with Gasteiger partial charge in [-0.25, -0.2) is 0 Å². The lowest BCUT2D eigenvalue weighted by atomic mass is 9.91. The molecule has 0 aliphatic heterocycles. The molecule has 0 radical (unpaired) electrons. The molecule has 6 heteroatoms. The van der Waals surface area contributed by atoms with Crippen LogP contribution in [0.4, 0.5) is 0 Å². The van der Waals surface area contributed by atoms with Crippen molar-refractivity contribution < 1.29 is 30.0 Å². The molecule has 0 aromatic heterocycles. The van der Waals surface area contributed by atoms with Gasteiger partial charge in [-0.3, -0.25) is 9.59 Å². The Morgan fingerprint density at radius 2 is 0.609 bits per heavy atom. The molecule has 2 aromatic rings. The molecular formula is C58H96O6. The predicted octanol–water partition coefficient (Wildman–Crippen LogP) is 17.2. The molecule has 0 aliphatic rings. The molecule has 0 saturated heterocycles. The molecule has 0 fully saturated rings. The lowest BCUT2D eigenvalue weighted by Crippen LogP contribution is -2.03. The highest BCUT2D eigenvalue weighted by atomic mass is 16.3. The maximum atomic E-state index is 12.8. The molecule has 0 aliphatic carbocycles. The number of phenolic OH excluding ortho intramolecular Hbond substituents is 4. The van der Waals surface area contributed by atoms with Gasteiger partial charge in [0.05, 0.1) is 11.1 Å². The van der Waals surface area contributed by atoms with Crippen LogP contribution < -0.4 is 0 Å². The molecule has 6 nitrogen and oxygen atoms in total. The standard InChI is InChI=1S/2C29H48O3/c2*1-19(2)12-9-13-20(3)14-10-15-21(4)16-11-17-22(5)18-26(30)27-25(8)28(31)23(6)24(7)29(27)32/h2*18-21,31-32H,9-17H2,1-8H3/b22-18+;. The quantitative estimate of drug-likeness (QED) is 0.0384.